The zero-order chi connectivity index (χ0) is 19.7. The number of hydrogen-bond acceptors (Lipinski definition) is 4. The standard InChI is InChI=1S/C22H22N4O2/c1-13-5-7-17-15(11-13)19(21(27)25-17)23-9-3-4-10-24-20-16-12-14(2)6-8-18(16)26-22(20)28/h5-8,11-12H,3-4,9-10H2,1-2H3,(H,23,25,27)(H,24,26,28). The minimum absolute atomic E-state index is 0.143. The number of carbonyl (C=O) groups is 2. The van der Waals surface area contributed by atoms with Gasteiger partial charge in [-0.15, -0.1) is 0 Å². The normalized spacial score (nSPS) is 17.6. The van der Waals surface area contributed by atoms with E-state index in [1.807, 2.05) is 50.2 Å². The van der Waals surface area contributed by atoms with Gasteiger partial charge in [0.1, 0.15) is 11.4 Å². The molecule has 142 valence electrons. The molecule has 4 rings (SSSR count). The molecule has 2 N–H and O–H groups in total. The fourth-order valence-corrected chi connectivity index (χ4v) is 3.45. The molecular formula is C22H22N4O2. The van der Waals surface area contributed by atoms with Crippen molar-refractivity contribution < 1.29 is 9.59 Å². The van der Waals surface area contributed by atoms with E-state index in [0.29, 0.717) is 24.5 Å². The van der Waals surface area contributed by atoms with Crippen LogP contribution in [-0.2, 0) is 9.59 Å². The third kappa shape index (κ3) is 3.45. The highest BCUT2D eigenvalue weighted by Crippen LogP contribution is 2.25. The first kappa shape index (κ1) is 18.1. The Morgan fingerprint density at radius 2 is 1.14 bits per heavy atom. The highest BCUT2D eigenvalue weighted by molar-refractivity contribution is 6.54. The Morgan fingerprint density at radius 3 is 1.57 bits per heavy atom. The molecule has 2 aliphatic rings. The Kier molecular flexibility index (Phi) is 4.77. The lowest BCUT2D eigenvalue weighted by Gasteiger charge is -2.01. The summed E-state index contributed by atoms with van der Waals surface area (Å²) in [6, 6.07) is 11.7. The van der Waals surface area contributed by atoms with E-state index >= 15 is 0 Å². The van der Waals surface area contributed by atoms with Crippen molar-refractivity contribution in [3.63, 3.8) is 0 Å². The molecular weight excluding hydrogens is 352 g/mol. The molecule has 6 nitrogen and oxygen atoms in total. The summed E-state index contributed by atoms with van der Waals surface area (Å²) < 4.78 is 0. The number of nitrogens with zero attached hydrogens (tertiary/aromatic N) is 2. The van der Waals surface area contributed by atoms with Gasteiger partial charge < -0.3 is 10.6 Å². The van der Waals surface area contributed by atoms with Gasteiger partial charge in [-0.3, -0.25) is 19.6 Å². The summed E-state index contributed by atoms with van der Waals surface area (Å²) >= 11 is 0. The lowest BCUT2D eigenvalue weighted by molar-refractivity contribution is -0.110. The highest BCUT2D eigenvalue weighted by Gasteiger charge is 2.26. The molecule has 0 aliphatic carbocycles. The van der Waals surface area contributed by atoms with Gasteiger partial charge in [0.15, 0.2) is 0 Å². The summed E-state index contributed by atoms with van der Waals surface area (Å²) in [5.74, 6) is -0.286. The lowest BCUT2D eigenvalue weighted by atomic mass is 10.1. The van der Waals surface area contributed by atoms with E-state index in [2.05, 4.69) is 20.6 Å². The second-order valence-corrected chi connectivity index (χ2v) is 7.17. The van der Waals surface area contributed by atoms with Crippen LogP contribution in [-0.4, -0.2) is 36.3 Å². The van der Waals surface area contributed by atoms with E-state index in [-0.39, 0.29) is 11.8 Å². The van der Waals surface area contributed by atoms with Gasteiger partial charge in [0.25, 0.3) is 11.8 Å². The Bertz CT molecular complexity index is 953. The number of aryl methyl sites for hydroxylation is 2. The number of carbonyl (C=O) groups excluding carboxylic acids is 2. The first-order chi connectivity index (χ1) is 13.5. The van der Waals surface area contributed by atoms with Gasteiger partial charge in [0.2, 0.25) is 0 Å². The average Bonchev–Trinajstić information content (AvgIpc) is 3.13. The molecule has 2 amide bonds. The van der Waals surface area contributed by atoms with E-state index in [1.165, 1.54) is 0 Å². The van der Waals surface area contributed by atoms with Crippen LogP contribution < -0.4 is 10.6 Å². The molecule has 0 spiro atoms. The van der Waals surface area contributed by atoms with Gasteiger partial charge in [0, 0.05) is 24.2 Å². The number of nitrogens with one attached hydrogen (secondary N) is 2. The highest BCUT2D eigenvalue weighted by atomic mass is 16.2. The quantitative estimate of drug-likeness (QED) is 0.788. The van der Waals surface area contributed by atoms with Crippen molar-refractivity contribution in [3.8, 4) is 0 Å². The number of aliphatic imine (C=N–C) groups is 2. The summed E-state index contributed by atoms with van der Waals surface area (Å²) in [4.78, 5) is 33.2. The first-order valence-corrected chi connectivity index (χ1v) is 9.46. The zero-order valence-corrected chi connectivity index (χ0v) is 16.0. The number of hydrogen-bond donors (Lipinski definition) is 2. The third-order valence-corrected chi connectivity index (χ3v) is 4.89. The predicted molar refractivity (Wildman–Crippen MR) is 112 cm³/mol. The number of amides is 2. The van der Waals surface area contributed by atoms with Gasteiger partial charge in [0.05, 0.1) is 11.4 Å². The Labute approximate surface area is 163 Å². The smallest absolute Gasteiger partial charge is 0.274 e. The molecule has 0 fully saturated rings. The van der Waals surface area contributed by atoms with Crippen LogP contribution in [0.4, 0.5) is 11.4 Å². The summed E-state index contributed by atoms with van der Waals surface area (Å²) in [5, 5.41) is 5.69. The molecule has 0 atom stereocenters. The van der Waals surface area contributed by atoms with E-state index in [9.17, 15) is 9.59 Å². The number of rotatable bonds is 5. The topological polar surface area (TPSA) is 82.9 Å². The van der Waals surface area contributed by atoms with Crippen LogP contribution in [0, 0.1) is 13.8 Å². The second-order valence-electron chi connectivity index (χ2n) is 7.17. The van der Waals surface area contributed by atoms with E-state index in [4.69, 9.17) is 0 Å². The minimum Gasteiger partial charge on any atom is -0.320 e. The maximum atomic E-state index is 12.1. The second kappa shape index (κ2) is 7.38. The molecule has 0 bridgehead atoms. The maximum absolute atomic E-state index is 12.1. The number of unbranched alkanes of at least 4 members (excludes halogenated alkanes) is 1. The van der Waals surface area contributed by atoms with Gasteiger partial charge >= 0.3 is 0 Å². The average molecular weight is 374 g/mol. The monoisotopic (exact) mass is 374 g/mol. The van der Waals surface area contributed by atoms with Crippen LogP contribution in [0.3, 0.4) is 0 Å². The lowest BCUT2D eigenvalue weighted by Crippen LogP contribution is -2.15. The van der Waals surface area contributed by atoms with Crippen molar-refractivity contribution in [2.24, 2.45) is 9.98 Å². The molecule has 2 heterocycles. The molecule has 0 unspecified atom stereocenters. The van der Waals surface area contributed by atoms with Gasteiger partial charge in [-0.1, -0.05) is 23.3 Å². The van der Waals surface area contributed by atoms with Gasteiger partial charge in [-0.2, -0.15) is 0 Å². The number of benzene rings is 2. The summed E-state index contributed by atoms with van der Waals surface area (Å²) in [6.07, 6.45) is 1.61. The van der Waals surface area contributed by atoms with Crippen molar-refractivity contribution >= 4 is 34.6 Å². The molecule has 2 aliphatic heterocycles. The molecule has 28 heavy (non-hydrogen) atoms. The summed E-state index contributed by atoms with van der Waals surface area (Å²) in [5.41, 5.74) is 6.60. The van der Waals surface area contributed by atoms with Crippen LogP contribution in [0.25, 0.3) is 0 Å². The fourth-order valence-electron chi connectivity index (χ4n) is 3.45. The summed E-state index contributed by atoms with van der Waals surface area (Å²) in [6.45, 7) is 5.11. The molecule has 2 aromatic carbocycles. The van der Waals surface area contributed by atoms with Crippen LogP contribution in [0.5, 0.6) is 0 Å². The SMILES string of the molecule is Cc1ccc2c(c1)C(=NCCCCN=C1C(=O)Nc3ccc(C)cc31)C(=O)N2. The van der Waals surface area contributed by atoms with Crippen molar-refractivity contribution in [3.05, 3.63) is 58.7 Å². The molecule has 0 saturated heterocycles. The van der Waals surface area contributed by atoms with Crippen LogP contribution >= 0.6 is 0 Å². The fraction of sp³-hybridized carbons (Fsp3) is 0.273. The number of anilines is 2. The largest absolute Gasteiger partial charge is 0.320 e. The van der Waals surface area contributed by atoms with Gasteiger partial charge in [-0.25, -0.2) is 0 Å². The van der Waals surface area contributed by atoms with Crippen LogP contribution in [0.1, 0.15) is 35.1 Å². The van der Waals surface area contributed by atoms with Crippen molar-refractivity contribution in [2.45, 2.75) is 26.7 Å². The van der Waals surface area contributed by atoms with Gasteiger partial charge in [-0.05, 0) is 51.0 Å². The van der Waals surface area contributed by atoms with E-state index in [1.54, 1.807) is 0 Å². The Morgan fingerprint density at radius 1 is 0.714 bits per heavy atom. The van der Waals surface area contributed by atoms with Crippen LogP contribution in [0.2, 0.25) is 0 Å². The summed E-state index contributed by atoms with van der Waals surface area (Å²) in [7, 11) is 0. The molecule has 0 saturated carbocycles. The van der Waals surface area contributed by atoms with E-state index in [0.717, 1.165) is 46.5 Å². The third-order valence-electron chi connectivity index (χ3n) is 4.89. The predicted octanol–water partition coefficient (Wildman–Crippen LogP) is 3.27. The Hall–Kier alpha value is -3.28. The Balaban J connectivity index is 1.35. The van der Waals surface area contributed by atoms with Crippen molar-refractivity contribution in [1.29, 1.82) is 0 Å². The molecule has 0 aromatic heterocycles. The molecule has 2 aromatic rings. The molecule has 0 radical (unpaired) electrons. The zero-order valence-electron chi connectivity index (χ0n) is 16.0. The van der Waals surface area contributed by atoms with E-state index < -0.39 is 0 Å². The molecule has 6 heteroatoms. The van der Waals surface area contributed by atoms with Crippen molar-refractivity contribution in [1.82, 2.24) is 0 Å². The van der Waals surface area contributed by atoms with Crippen LogP contribution in [0.15, 0.2) is 46.4 Å². The number of fused-ring (bicyclic) bond motifs is 2. The maximum Gasteiger partial charge on any atom is 0.274 e. The minimum atomic E-state index is -0.143. The first-order valence-electron chi connectivity index (χ1n) is 9.46. The van der Waals surface area contributed by atoms with Crippen molar-refractivity contribution in [2.75, 3.05) is 23.7 Å².